The Bertz CT molecular complexity index is 670. The van der Waals surface area contributed by atoms with Gasteiger partial charge in [0.15, 0.2) is 5.78 Å². The summed E-state index contributed by atoms with van der Waals surface area (Å²) >= 11 is 9.54. The molecule has 0 saturated heterocycles. The van der Waals surface area contributed by atoms with Gasteiger partial charge in [0, 0.05) is 5.02 Å². The standard InChI is InChI=1S/C16H12BrClO2/c1-9-7-13-11(8-12(9)18)15(19)14(17)16(20-13)10-5-3-2-4-6-10/h2-8,14,16H,1H3/t14-,16+/m1/s1. The Balaban J connectivity index is 2.07. The van der Waals surface area contributed by atoms with Gasteiger partial charge in [-0.05, 0) is 30.2 Å². The van der Waals surface area contributed by atoms with E-state index in [1.807, 2.05) is 43.3 Å². The molecular formula is C16H12BrClO2. The van der Waals surface area contributed by atoms with Crippen LogP contribution in [0.1, 0.15) is 27.6 Å². The molecule has 102 valence electrons. The van der Waals surface area contributed by atoms with E-state index in [2.05, 4.69) is 15.9 Å². The molecule has 1 aliphatic rings. The minimum atomic E-state index is -0.406. The maximum Gasteiger partial charge on any atom is 0.184 e. The first-order chi connectivity index (χ1) is 9.58. The van der Waals surface area contributed by atoms with Crippen LogP contribution in [0.3, 0.4) is 0 Å². The molecule has 0 unspecified atom stereocenters. The van der Waals surface area contributed by atoms with Crippen molar-refractivity contribution in [3.05, 3.63) is 64.2 Å². The third-order valence-corrected chi connectivity index (χ3v) is 4.73. The third-order valence-electron chi connectivity index (χ3n) is 3.42. The highest BCUT2D eigenvalue weighted by atomic mass is 79.9. The second kappa shape index (κ2) is 5.23. The third kappa shape index (κ3) is 2.25. The number of ketones is 1. The van der Waals surface area contributed by atoms with E-state index in [9.17, 15) is 4.79 Å². The fourth-order valence-corrected chi connectivity index (χ4v) is 3.13. The number of hydrogen-bond acceptors (Lipinski definition) is 2. The molecular weight excluding hydrogens is 340 g/mol. The van der Waals surface area contributed by atoms with Crippen LogP contribution < -0.4 is 4.74 Å². The van der Waals surface area contributed by atoms with Crippen LogP contribution in [-0.2, 0) is 0 Å². The largest absolute Gasteiger partial charge is 0.483 e. The maximum atomic E-state index is 12.5. The van der Waals surface area contributed by atoms with Crippen LogP contribution in [0.4, 0.5) is 0 Å². The number of hydrogen-bond donors (Lipinski definition) is 0. The monoisotopic (exact) mass is 350 g/mol. The molecule has 2 aromatic carbocycles. The van der Waals surface area contributed by atoms with Crippen molar-refractivity contribution in [2.45, 2.75) is 17.9 Å². The lowest BCUT2D eigenvalue weighted by Crippen LogP contribution is -2.32. The van der Waals surface area contributed by atoms with Crippen LogP contribution >= 0.6 is 27.5 Å². The van der Waals surface area contributed by atoms with Crippen LogP contribution in [0.2, 0.25) is 5.02 Å². The van der Waals surface area contributed by atoms with Gasteiger partial charge in [0.05, 0.1) is 5.56 Å². The molecule has 20 heavy (non-hydrogen) atoms. The number of benzene rings is 2. The molecule has 0 fully saturated rings. The molecule has 0 bridgehead atoms. The van der Waals surface area contributed by atoms with Gasteiger partial charge in [-0.25, -0.2) is 0 Å². The summed E-state index contributed by atoms with van der Waals surface area (Å²) in [6, 6.07) is 13.2. The molecule has 0 amide bonds. The second-order valence-electron chi connectivity index (χ2n) is 4.81. The number of fused-ring (bicyclic) bond motifs is 1. The fraction of sp³-hybridized carbons (Fsp3) is 0.188. The molecule has 0 spiro atoms. The van der Waals surface area contributed by atoms with Crippen molar-refractivity contribution >= 4 is 33.3 Å². The van der Waals surface area contributed by atoms with Crippen molar-refractivity contribution in [3.63, 3.8) is 0 Å². The summed E-state index contributed by atoms with van der Waals surface area (Å²) in [5, 5.41) is 0.582. The highest BCUT2D eigenvalue weighted by Crippen LogP contribution is 2.40. The lowest BCUT2D eigenvalue weighted by Gasteiger charge is -2.30. The number of aryl methyl sites for hydroxylation is 1. The van der Waals surface area contributed by atoms with Gasteiger partial charge in [0.2, 0.25) is 0 Å². The van der Waals surface area contributed by atoms with Crippen LogP contribution in [0.5, 0.6) is 5.75 Å². The van der Waals surface area contributed by atoms with Gasteiger partial charge in [0.1, 0.15) is 16.7 Å². The van der Waals surface area contributed by atoms with Gasteiger partial charge in [-0.3, -0.25) is 4.79 Å². The van der Waals surface area contributed by atoms with Crippen molar-refractivity contribution in [3.8, 4) is 5.75 Å². The molecule has 0 radical (unpaired) electrons. The first-order valence-electron chi connectivity index (χ1n) is 6.28. The molecule has 4 heteroatoms. The minimum absolute atomic E-state index is 0.00185. The zero-order chi connectivity index (χ0) is 14.3. The number of alkyl halides is 1. The molecule has 0 aliphatic carbocycles. The molecule has 2 nitrogen and oxygen atoms in total. The number of ether oxygens (including phenoxy) is 1. The average Bonchev–Trinajstić information content (AvgIpc) is 2.46. The number of carbonyl (C=O) groups is 1. The summed E-state index contributed by atoms with van der Waals surface area (Å²) in [4.78, 5) is 12.1. The van der Waals surface area contributed by atoms with Crippen molar-refractivity contribution in [2.75, 3.05) is 0 Å². The van der Waals surface area contributed by atoms with E-state index in [0.29, 0.717) is 16.3 Å². The molecule has 1 heterocycles. The Morgan fingerprint density at radius 1 is 1.20 bits per heavy atom. The summed E-state index contributed by atoms with van der Waals surface area (Å²) in [6.45, 7) is 1.90. The Kier molecular flexibility index (Phi) is 3.57. The number of rotatable bonds is 1. The Morgan fingerprint density at radius 3 is 2.60 bits per heavy atom. The molecule has 1 aliphatic heterocycles. The zero-order valence-electron chi connectivity index (χ0n) is 10.8. The first kappa shape index (κ1) is 13.7. The number of halogens is 2. The predicted octanol–water partition coefficient (Wildman–Crippen LogP) is 4.73. The van der Waals surface area contributed by atoms with Gasteiger partial charge in [-0.2, -0.15) is 0 Å². The zero-order valence-corrected chi connectivity index (χ0v) is 13.1. The van der Waals surface area contributed by atoms with Crippen molar-refractivity contribution in [1.29, 1.82) is 0 Å². The normalized spacial score (nSPS) is 21.2. The van der Waals surface area contributed by atoms with Crippen molar-refractivity contribution in [2.24, 2.45) is 0 Å². The van der Waals surface area contributed by atoms with Gasteiger partial charge >= 0.3 is 0 Å². The molecule has 0 aromatic heterocycles. The van der Waals surface area contributed by atoms with Crippen LogP contribution in [0, 0.1) is 6.92 Å². The van der Waals surface area contributed by atoms with Crippen molar-refractivity contribution in [1.82, 2.24) is 0 Å². The Hall–Kier alpha value is -1.32. The second-order valence-corrected chi connectivity index (χ2v) is 6.21. The quantitative estimate of drug-likeness (QED) is 0.694. The highest BCUT2D eigenvalue weighted by Gasteiger charge is 2.36. The van der Waals surface area contributed by atoms with Gasteiger partial charge in [-0.15, -0.1) is 0 Å². The van der Waals surface area contributed by atoms with Crippen LogP contribution in [-0.4, -0.2) is 10.6 Å². The Morgan fingerprint density at radius 2 is 1.90 bits per heavy atom. The molecule has 0 saturated carbocycles. The van der Waals surface area contributed by atoms with E-state index in [1.165, 1.54) is 0 Å². The van der Waals surface area contributed by atoms with Crippen LogP contribution in [0.15, 0.2) is 42.5 Å². The van der Waals surface area contributed by atoms with Gasteiger partial charge in [-0.1, -0.05) is 57.9 Å². The lowest BCUT2D eigenvalue weighted by atomic mass is 9.95. The summed E-state index contributed by atoms with van der Waals surface area (Å²) in [5.74, 6) is 0.600. The summed E-state index contributed by atoms with van der Waals surface area (Å²) in [7, 11) is 0. The van der Waals surface area contributed by atoms with E-state index < -0.39 is 4.83 Å². The first-order valence-corrected chi connectivity index (χ1v) is 7.57. The van der Waals surface area contributed by atoms with Gasteiger partial charge in [0.25, 0.3) is 0 Å². The summed E-state index contributed by atoms with van der Waals surface area (Å²) in [5.41, 5.74) is 2.41. The SMILES string of the molecule is Cc1cc2c(cc1Cl)C(=O)[C@@H](Br)[C@H](c1ccccc1)O2. The van der Waals surface area contributed by atoms with Gasteiger partial charge < -0.3 is 4.74 Å². The van der Waals surface area contributed by atoms with E-state index in [-0.39, 0.29) is 11.9 Å². The predicted molar refractivity (Wildman–Crippen MR) is 83.0 cm³/mol. The van der Waals surface area contributed by atoms with E-state index in [4.69, 9.17) is 16.3 Å². The fourth-order valence-electron chi connectivity index (χ4n) is 2.31. The number of carbonyl (C=O) groups excluding carboxylic acids is 1. The Labute approximate surface area is 130 Å². The molecule has 2 aromatic rings. The van der Waals surface area contributed by atoms with E-state index >= 15 is 0 Å². The molecule has 0 N–H and O–H groups in total. The summed E-state index contributed by atoms with van der Waals surface area (Å²) in [6.07, 6.45) is -0.322. The van der Waals surface area contributed by atoms with E-state index in [1.54, 1.807) is 6.07 Å². The van der Waals surface area contributed by atoms with Crippen molar-refractivity contribution < 1.29 is 9.53 Å². The molecule has 3 rings (SSSR count). The lowest BCUT2D eigenvalue weighted by molar-refractivity contribution is 0.0872. The topological polar surface area (TPSA) is 26.3 Å². The molecule has 2 atom stereocenters. The smallest absolute Gasteiger partial charge is 0.184 e. The average molecular weight is 352 g/mol. The minimum Gasteiger partial charge on any atom is -0.483 e. The maximum absolute atomic E-state index is 12.5. The highest BCUT2D eigenvalue weighted by molar-refractivity contribution is 9.10. The van der Waals surface area contributed by atoms with E-state index in [0.717, 1.165) is 11.1 Å². The van der Waals surface area contributed by atoms with Crippen LogP contribution in [0.25, 0.3) is 0 Å². The number of Topliss-reactive ketones (excluding diaryl/α,β-unsaturated/α-hetero) is 1. The summed E-state index contributed by atoms with van der Waals surface area (Å²) < 4.78 is 6.01.